The maximum absolute atomic E-state index is 11.9. The van der Waals surface area contributed by atoms with Crippen molar-refractivity contribution in [2.45, 2.75) is 24.0 Å². The van der Waals surface area contributed by atoms with Gasteiger partial charge in [-0.1, -0.05) is 22.0 Å². The molecule has 1 aromatic carbocycles. The molecule has 0 bridgehead atoms. The number of hydrogen-bond acceptors (Lipinski definition) is 3. The quantitative estimate of drug-likeness (QED) is 0.858. The van der Waals surface area contributed by atoms with Gasteiger partial charge >= 0.3 is 0 Å². The molecule has 0 N–H and O–H groups in total. The molecule has 0 aliphatic rings. The largest absolute Gasteiger partial charge is 0.299 e. The highest BCUT2D eigenvalue weighted by molar-refractivity contribution is 9.10. The fourth-order valence-electron chi connectivity index (χ4n) is 1.07. The number of halogens is 1. The molecule has 15 heavy (non-hydrogen) atoms. The lowest BCUT2D eigenvalue weighted by Crippen LogP contribution is -2.25. The number of hydrogen-bond donors (Lipinski definition) is 0. The Labute approximate surface area is 97.5 Å². The zero-order valence-electron chi connectivity index (χ0n) is 8.40. The lowest BCUT2D eigenvalue weighted by atomic mass is 10.3. The number of benzene rings is 1. The molecule has 0 radical (unpaired) electrons. The van der Waals surface area contributed by atoms with Crippen LogP contribution in [0.4, 0.5) is 0 Å². The molecule has 1 unspecified atom stereocenters. The average molecular weight is 291 g/mol. The summed E-state index contributed by atoms with van der Waals surface area (Å²) >= 11 is 3.19. The van der Waals surface area contributed by atoms with Gasteiger partial charge in [0.15, 0.2) is 9.84 Å². The Morgan fingerprint density at radius 1 is 1.40 bits per heavy atom. The Bertz CT molecular complexity index is 479. The fraction of sp³-hybridized carbons (Fsp3) is 0.300. The van der Waals surface area contributed by atoms with Crippen LogP contribution in [0.5, 0.6) is 0 Å². The molecule has 0 amide bonds. The first-order valence-electron chi connectivity index (χ1n) is 4.35. The van der Waals surface area contributed by atoms with Crippen molar-refractivity contribution in [3.05, 3.63) is 28.7 Å². The molecule has 0 heterocycles. The van der Waals surface area contributed by atoms with Crippen LogP contribution in [0, 0.1) is 0 Å². The van der Waals surface area contributed by atoms with Crippen molar-refractivity contribution >= 4 is 31.6 Å². The highest BCUT2D eigenvalue weighted by Gasteiger charge is 2.26. The SMILES string of the molecule is CC(=O)C(C)S(=O)(=O)c1cccc(Br)c1. The number of sulfone groups is 1. The molecule has 1 atom stereocenters. The monoisotopic (exact) mass is 290 g/mol. The lowest BCUT2D eigenvalue weighted by Gasteiger charge is -2.09. The van der Waals surface area contributed by atoms with E-state index in [1.54, 1.807) is 12.1 Å². The molecule has 1 aromatic rings. The van der Waals surface area contributed by atoms with Gasteiger partial charge in [-0.05, 0) is 32.0 Å². The van der Waals surface area contributed by atoms with Crippen molar-refractivity contribution in [3.8, 4) is 0 Å². The van der Waals surface area contributed by atoms with Crippen molar-refractivity contribution < 1.29 is 13.2 Å². The van der Waals surface area contributed by atoms with Crippen LogP contribution in [0.1, 0.15) is 13.8 Å². The topological polar surface area (TPSA) is 51.2 Å². The van der Waals surface area contributed by atoms with Gasteiger partial charge in [0, 0.05) is 4.47 Å². The first-order valence-corrected chi connectivity index (χ1v) is 6.69. The summed E-state index contributed by atoms with van der Waals surface area (Å²) in [5.74, 6) is -0.352. The molecule has 0 aliphatic carbocycles. The van der Waals surface area contributed by atoms with E-state index in [1.807, 2.05) is 0 Å². The molecule has 82 valence electrons. The van der Waals surface area contributed by atoms with E-state index in [0.717, 1.165) is 0 Å². The van der Waals surface area contributed by atoms with E-state index in [2.05, 4.69) is 15.9 Å². The minimum atomic E-state index is -3.54. The maximum Gasteiger partial charge on any atom is 0.188 e. The Balaban J connectivity index is 3.23. The van der Waals surface area contributed by atoms with E-state index < -0.39 is 15.1 Å². The molecule has 0 aliphatic heterocycles. The highest BCUT2D eigenvalue weighted by Crippen LogP contribution is 2.20. The van der Waals surface area contributed by atoms with E-state index in [4.69, 9.17) is 0 Å². The van der Waals surface area contributed by atoms with Crippen molar-refractivity contribution in [1.82, 2.24) is 0 Å². The predicted molar refractivity (Wildman–Crippen MR) is 61.5 cm³/mol. The van der Waals surface area contributed by atoms with Crippen LogP contribution in [0.2, 0.25) is 0 Å². The molecular weight excluding hydrogens is 280 g/mol. The number of carbonyl (C=O) groups excluding carboxylic acids is 1. The Morgan fingerprint density at radius 2 is 2.00 bits per heavy atom. The van der Waals surface area contributed by atoms with Gasteiger partial charge < -0.3 is 0 Å². The Morgan fingerprint density at radius 3 is 2.47 bits per heavy atom. The van der Waals surface area contributed by atoms with Crippen LogP contribution in [0.3, 0.4) is 0 Å². The highest BCUT2D eigenvalue weighted by atomic mass is 79.9. The molecule has 0 saturated heterocycles. The average Bonchev–Trinajstić information content (AvgIpc) is 2.16. The van der Waals surface area contributed by atoms with Crippen LogP contribution in [-0.4, -0.2) is 19.5 Å². The molecule has 1 rings (SSSR count). The summed E-state index contributed by atoms with van der Waals surface area (Å²) in [7, 11) is -3.54. The maximum atomic E-state index is 11.9. The van der Waals surface area contributed by atoms with Gasteiger partial charge in [0.05, 0.1) is 4.90 Å². The minimum Gasteiger partial charge on any atom is -0.299 e. The van der Waals surface area contributed by atoms with Crippen molar-refractivity contribution in [2.24, 2.45) is 0 Å². The zero-order valence-corrected chi connectivity index (χ0v) is 10.8. The fourth-order valence-corrected chi connectivity index (χ4v) is 3.02. The Kier molecular flexibility index (Phi) is 3.67. The molecule has 0 fully saturated rings. The van der Waals surface area contributed by atoms with Gasteiger partial charge in [0.25, 0.3) is 0 Å². The minimum absolute atomic E-state index is 0.166. The summed E-state index contributed by atoms with van der Waals surface area (Å²) in [5.41, 5.74) is 0. The molecule has 5 heteroatoms. The molecule has 0 spiro atoms. The normalized spacial score (nSPS) is 13.5. The zero-order chi connectivity index (χ0) is 11.6. The summed E-state index contributed by atoms with van der Waals surface area (Å²) in [6.45, 7) is 2.68. The molecule has 0 saturated carbocycles. The summed E-state index contributed by atoms with van der Waals surface area (Å²) in [6.07, 6.45) is 0. The third-order valence-corrected chi connectivity index (χ3v) is 4.83. The van der Waals surface area contributed by atoms with Crippen molar-refractivity contribution in [1.29, 1.82) is 0 Å². The second kappa shape index (κ2) is 4.45. The van der Waals surface area contributed by atoms with Crippen LogP contribution in [-0.2, 0) is 14.6 Å². The number of Topliss-reactive ketones (excluding diaryl/α,β-unsaturated/α-hetero) is 1. The first kappa shape index (κ1) is 12.4. The summed E-state index contributed by atoms with van der Waals surface area (Å²) in [6, 6.07) is 6.34. The number of rotatable bonds is 3. The van der Waals surface area contributed by atoms with Crippen LogP contribution in [0.25, 0.3) is 0 Å². The molecular formula is C10H11BrO3S. The molecule has 3 nitrogen and oxygen atoms in total. The second-order valence-corrected chi connectivity index (χ2v) is 6.44. The van der Waals surface area contributed by atoms with Crippen LogP contribution >= 0.6 is 15.9 Å². The summed E-state index contributed by atoms with van der Waals surface area (Å²) in [4.78, 5) is 11.2. The third kappa shape index (κ3) is 2.66. The van der Waals surface area contributed by atoms with Gasteiger partial charge in [0.2, 0.25) is 0 Å². The van der Waals surface area contributed by atoms with E-state index in [-0.39, 0.29) is 10.7 Å². The summed E-state index contributed by atoms with van der Waals surface area (Å²) < 4.78 is 24.4. The van der Waals surface area contributed by atoms with Gasteiger partial charge in [-0.3, -0.25) is 4.79 Å². The van der Waals surface area contributed by atoms with E-state index in [1.165, 1.54) is 26.0 Å². The summed E-state index contributed by atoms with van der Waals surface area (Å²) in [5, 5.41) is -0.994. The van der Waals surface area contributed by atoms with E-state index in [0.29, 0.717) is 4.47 Å². The van der Waals surface area contributed by atoms with Crippen molar-refractivity contribution in [2.75, 3.05) is 0 Å². The third-order valence-electron chi connectivity index (χ3n) is 2.16. The van der Waals surface area contributed by atoms with Gasteiger partial charge in [-0.2, -0.15) is 0 Å². The first-order chi connectivity index (χ1) is 6.85. The lowest BCUT2D eigenvalue weighted by molar-refractivity contribution is -0.116. The van der Waals surface area contributed by atoms with Gasteiger partial charge in [-0.25, -0.2) is 8.42 Å². The van der Waals surface area contributed by atoms with Gasteiger partial charge in [0.1, 0.15) is 11.0 Å². The predicted octanol–water partition coefficient (Wildman–Crippen LogP) is 2.20. The van der Waals surface area contributed by atoms with E-state index >= 15 is 0 Å². The van der Waals surface area contributed by atoms with Crippen molar-refractivity contribution in [3.63, 3.8) is 0 Å². The smallest absolute Gasteiger partial charge is 0.188 e. The van der Waals surface area contributed by atoms with Crippen LogP contribution in [0.15, 0.2) is 33.6 Å². The van der Waals surface area contributed by atoms with Crippen LogP contribution < -0.4 is 0 Å². The van der Waals surface area contributed by atoms with E-state index in [9.17, 15) is 13.2 Å². The van der Waals surface area contributed by atoms with Gasteiger partial charge in [-0.15, -0.1) is 0 Å². The number of ketones is 1. The second-order valence-electron chi connectivity index (χ2n) is 3.26. The number of carbonyl (C=O) groups is 1. The Hall–Kier alpha value is -0.680. The molecule has 0 aromatic heterocycles. The standard InChI is InChI=1S/C10H11BrO3S/c1-7(12)8(2)15(13,14)10-5-3-4-9(11)6-10/h3-6,8H,1-2H3.